The van der Waals surface area contributed by atoms with Crippen molar-refractivity contribution in [3.05, 3.63) is 0 Å². The summed E-state index contributed by atoms with van der Waals surface area (Å²) in [4.78, 5) is 0. The van der Waals surface area contributed by atoms with Gasteiger partial charge in [-0.1, -0.05) is 0 Å². The van der Waals surface area contributed by atoms with Gasteiger partial charge in [-0.15, -0.1) is 0 Å². The van der Waals surface area contributed by atoms with Gasteiger partial charge in [-0.3, -0.25) is 8.42 Å². The first-order chi connectivity index (χ1) is 2.00. The summed E-state index contributed by atoms with van der Waals surface area (Å²) in [6.45, 7) is 0. The number of hydrogen-bond acceptors (Lipinski definition) is 4. The van der Waals surface area contributed by atoms with E-state index in [1.807, 2.05) is 0 Å². The summed E-state index contributed by atoms with van der Waals surface area (Å²) in [7, 11) is -5.17. The van der Waals surface area contributed by atoms with Gasteiger partial charge in [-0.25, -0.2) is 0 Å². The van der Waals surface area contributed by atoms with Crippen LogP contribution in [0.15, 0.2) is 0 Å². The van der Waals surface area contributed by atoms with Crippen molar-refractivity contribution < 1.29 is 72.3 Å². The molecule has 20 N–H and O–H groups in total. The van der Waals surface area contributed by atoms with Gasteiger partial charge in [-0.2, -0.15) is 0 Å². The quantitative estimate of drug-likeness (QED) is 0.238. The molecule has 0 aliphatic rings. The van der Waals surface area contributed by atoms with Crippen LogP contribution in [-0.2, 0) is 10.4 Å². The molecule has 0 aromatic heterocycles. The van der Waals surface area contributed by atoms with Gasteiger partial charge < -0.3 is 63.9 Å². The summed E-state index contributed by atoms with van der Waals surface area (Å²) >= 11 is 0. The topological polar surface area (TPSA) is 395 Å². The maximum absolute atomic E-state index is 8.52. The molecule has 0 saturated carbocycles. The van der Waals surface area contributed by atoms with E-state index in [-0.39, 0.29) is 92.5 Å². The van der Waals surface area contributed by atoms with Crippen molar-refractivity contribution in [2.75, 3.05) is 0 Å². The summed E-state index contributed by atoms with van der Waals surface area (Å²) in [6, 6.07) is 0. The minimum atomic E-state index is -5.17. The van der Waals surface area contributed by atoms with Crippen molar-refractivity contribution >= 4 is 48.1 Å². The number of hydrogen-bond donors (Lipinski definition) is 0. The van der Waals surface area contributed by atoms with Crippen molar-refractivity contribution in [2.45, 2.75) is 0 Å². The Labute approximate surface area is 120 Å². The molecular formula is H20CaO14S. The largest absolute Gasteiger partial charge is 2.00 e. The van der Waals surface area contributed by atoms with Gasteiger partial charge in [0.15, 0.2) is 0 Å². The smallest absolute Gasteiger partial charge is 0.759 e. The van der Waals surface area contributed by atoms with Crippen LogP contribution in [-0.4, -0.2) is 110 Å². The Balaban J connectivity index is -0.00000000145. The van der Waals surface area contributed by atoms with Gasteiger partial charge in [0, 0.05) is 10.4 Å². The molecule has 0 aliphatic heterocycles. The normalized spacial score (nSPS) is 3.62. The Morgan fingerprint density at radius 3 is 0.500 bits per heavy atom. The van der Waals surface area contributed by atoms with Crippen LogP contribution in [0.2, 0.25) is 0 Å². The van der Waals surface area contributed by atoms with Gasteiger partial charge in [0.1, 0.15) is 0 Å². The Kier molecular flexibility index (Phi) is 871. The molecule has 0 spiro atoms. The molecule has 0 unspecified atom stereocenters. The first kappa shape index (κ1) is 185. The molecule has 14 nitrogen and oxygen atoms in total. The average Bonchev–Trinajstić information content (AvgIpc) is 0.722. The van der Waals surface area contributed by atoms with E-state index >= 15 is 0 Å². The predicted molar refractivity (Wildman–Crippen MR) is 52.4 cm³/mol. The molecule has 0 radical (unpaired) electrons. The molecule has 0 aromatic carbocycles. The zero-order valence-corrected chi connectivity index (χ0v) is 10.8. The van der Waals surface area contributed by atoms with Crippen LogP contribution in [0.25, 0.3) is 0 Å². The average molecular weight is 316 g/mol. The molecule has 0 bridgehead atoms. The van der Waals surface area contributed by atoms with Gasteiger partial charge in [-0.05, 0) is 0 Å². The maximum Gasteiger partial charge on any atom is 2.00 e. The molecule has 0 aliphatic carbocycles. The van der Waals surface area contributed by atoms with E-state index in [1.54, 1.807) is 0 Å². The Bertz CT molecular complexity index is 93.9. The van der Waals surface area contributed by atoms with Gasteiger partial charge in [0.2, 0.25) is 0 Å². The fourth-order valence-electron chi connectivity index (χ4n) is 0. The van der Waals surface area contributed by atoms with E-state index < -0.39 is 10.4 Å². The molecule has 0 rings (SSSR count). The molecule has 112 valence electrons. The predicted octanol–water partition coefficient (Wildman–Crippen LogP) is -9.97. The van der Waals surface area contributed by atoms with Crippen molar-refractivity contribution in [2.24, 2.45) is 0 Å². The monoisotopic (exact) mass is 316 g/mol. The van der Waals surface area contributed by atoms with Crippen LogP contribution in [0.1, 0.15) is 0 Å². The zero-order valence-electron chi connectivity index (χ0n) is 7.75. The maximum atomic E-state index is 8.52. The standard InChI is InChI=1S/Ca.H2O4S.10H2O/c;1-5(2,3)4;;;;;;;;;;/h;(H2,1,2,3,4);10*1H2/q+2;;;;;;;;;;;/p-2. The molecule has 0 heterocycles. The van der Waals surface area contributed by atoms with Gasteiger partial charge in [0.25, 0.3) is 0 Å². The third-order valence-electron chi connectivity index (χ3n) is 0. The van der Waals surface area contributed by atoms with Gasteiger partial charge in [0.05, 0.1) is 0 Å². The second-order valence-electron chi connectivity index (χ2n) is 0.408. The SMILES string of the molecule is O.O.O.O.O.O.O.O.O.O.O=S(=O)([O-])[O-].[Ca+2]. The summed E-state index contributed by atoms with van der Waals surface area (Å²) in [5, 5.41) is 0. The minimum Gasteiger partial charge on any atom is -0.759 e. The first-order valence-electron chi connectivity index (χ1n) is 0.667. The van der Waals surface area contributed by atoms with Crippen LogP contribution in [0.4, 0.5) is 0 Å². The fraction of sp³-hybridized carbons (Fsp3) is 0. The van der Waals surface area contributed by atoms with E-state index in [2.05, 4.69) is 0 Å². The minimum absolute atomic E-state index is 0. The van der Waals surface area contributed by atoms with Crippen LogP contribution in [0.3, 0.4) is 0 Å². The molecule has 0 saturated heterocycles. The fourth-order valence-corrected chi connectivity index (χ4v) is 0. The van der Waals surface area contributed by atoms with Crippen molar-refractivity contribution in [3.8, 4) is 0 Å². The second-order valence-corrected chi connectivity index (χ2v) is 1.22. The van der Waals surface area contributed by atoms with Gasteiger partial charge >= 0.3 is 37.7 Å². The second kappa shape index (κ2) is 75.4. The summed E-state index contributed by atoms with van der Waals surface area (Å²) in [6.07, 6.45) is 0. The summed E-state index contributed by atoms with van der Waals surface area (Å²) < 4.78 is 34.1. The molecule has 16 heteroatoms. The van der Waals surface area contributed by atoms with E-state index in [9.17, 15) is 0 Å². The third kappa shape index (κ3) is 5210. The Hall–Kier alpha value is 0.730. The summed E-state index contributed by atoms with van der Waals surface area (Å²) in [5.74, 6) is 0. The number of rotatable bonds is 0. The Morgan fingerprint density at radius 1 is 0.500 bits per heavy atom. The molecule has 0 aromatic rings. The van der Waals surface area contributed by atoms with E-state index in [0.717, 1.165) is 0 Å². The van der Waals surface area contributed by atoms with Crippen molar-refractivity contribution in [1.29, 1.82) is 0 Å². The Morgan fingerprint density at radius 2 is 0.500 bits per heavy atom. The van der Waals surface area contributed by atoms with Crippen LogP contribution >= 0.6 is 0 Å². The molecule has 0 atom stereocenters. The zero-order chi connectivity index (χ0) is 4.50. The summed E-state index contributed by atoms with van der Waals surface area (Å²) in [5.41, 5.74) is 0. The van der Waals surface area contributed by atoms with Crippen LogP contribution in [0, 0.1) is 0 Å². The molecule has 16 heavy (non-hydrogen) atoms. The molecule has 0 amide bonds. The first-order valence-corrected chi connectivity index (χ1v) is 2.00. The van der Waals surface area contributed by atoms with Crippen LogP contribution < -0.4 is 0 Å². The van der Waals surface area contributed by atoms with Crippen molar-refractivity contribution in [1.82, 2.24) is 0 Å². The van der Waals surface area contributed by atoms with E-state index in [1.165, 1.54) is 0 Å². The van der Waals surface area contributed by atoms with E-state index in [4.69, 9.17) is 17.5 Å². The molecule has 0 fully saturated rings. The third-order valence-corrected chi connectivity index (χ3v) is 0. The van der Waals surface area contributed by atoms with E-state index in [0.29, 0.717) is 0 Å². The molecular weight excluding hydrogens is 296 g/mol. The van der Waals surface area contributed by atoms with Crippen LogP contribution in [0.5, 0.6) is 0 Å². The van der Waals surface area contributed by atoms with Crippen molar-refractivity contribution in [3.63, 3.8) is 0 Å².